The predicted molar refractivity (Wildman–Crippen MR) is 138 cm³/mol. The van der Waals surface area contributed by atoms with Crippen molar-refractivity contribution in [1.29, 1.82) is 0 Å². The smallest absolute Gasteiger partial charge is 0.160 e. The van der Waals surface area contributed by atoms with Crippen molar-refractivity contribution in [3.8, 4) is 39.9 Å². The molecule has 3 aromatic carbocycles. The predicted octanol–water partition coefficient (Wildman–Crippen LogP) is 6.04. The number of methoxy groups -OCH3 is 2. The fourth-order valence-electron chi connectivity index (χ4n) is 5.84. The summed E-state index contributed by atoms with van der Waals surface area (Å²) in [6, 6.07) is 12.5. The van der Waals surface area contributed by atoms with Crippen molar-refractivity contribution in [3.63, 3.8) is 0 Å². The van der Waals surface area contributed by atoms with E-state index < -0.39 is 12.2 Å². The van der Waals surface area contributed by atoms with Crippen LogP contribution in [-0.2, 0) is 12.8 Å². The molecule has 3 aromatic rings. The van der Waals surface area contributed by atoms with Gasteiger partial charge in [-0.2, -0.15) is 0 Å². The van der Waals surface area contributed by atoms with Gasteiger partial charge < -0.3 is 29.5 Å². The van der Waals surface area contributed by atoms with Gasteiger partial charge in [-0.15, -0.1) is 0 Å². The number of ether oxygens (including phenoxy) is 3. The molecule has 0 fully saturated rings. The van der Waals surface area contributed by atoms with E-state index in [1.807, 2.05) is 18.2 Å². The molecule has 0 saturated heterocycles. The molecule has 0 amide bonds. The lowest BCUT2D eigenvalue weighted by molar-refractivity contribution is 0.0201. The number of rotatable bonds is 7. The molecule has 5 rings (SSSR count). The Morgan fingerprint density at radius 2 is 1.75 bits per heavy atom. The number of phenols is 2. The van der Waals surface area contributed by atoms with E-state index in [0.717, 1.165) is 71.4 Å². The molecule has 0 unspecified atom stereocenters. The normalized spacial score (nSPS) is 20.1. The van der Waals surface area contributed by atoms with E-state index in [9.17, 15) is 15.3 Å². The molecule has 2 aliphatic rings. The molecule has 3 N–H and O–H groups in total. The van der Waals surface area contributed by atoms with Crippen LogP contribution in [0.15, 0.2) is 42.5 Å². The number of hydrogen-bond acceptors (Lipinski definition) is 6. The molecular formula is C30H34O6. The van der Waals surface area contributed by atoms with E-state index in [1.54, 1.807) is 31.4 Å². The first-order valence-electron chi connectivity index (χ1n) is 12.7. The second-order valence-electron chi connectivity index (χ2n) is 9.82. The third-order valence-electron chi connectivity index (χ3n) is 7.56. The summed E-state index contributed by atoms with van der Waals surface area (Å²) in [5.41, 5.74) is 6.18. The highest BCUT2D eigenvalue weighted by atomic mass is 16.5. The zero-order valence-electron chi connectivity index (χ0n) is 21.1. The molecule has 0 radical (unpaired) electrons. The molecule has 6 nitrogen and oxygen atoms in total. The summed E-state index contributed by atoms with van der Waals surface area (Å²) in [7, 11) is 3.17. The highest BCUT2D eigenvalue weighted by Crippen LogP contribution is 2.53. The Morgan fingerprint density at radius 3 is 2.50 bits per heavy atom. The zero-order chi connectivity index (χ0) is 25.4. The molecule has 0 saturated carbocycles. The van der Waals surface area contributed by atoms with Crippen LogP contribution in [0.4, 0.5) is 0 Å². The molecule has 1 aliphatic heterocycles. The Balaban J connectivity index is 1.63. The fraction of sp³-hybridized carbons (Fsp3) is 0.400. The Bertz CT molecular complexity index is 1270. The lowest BCUT2D eigenvalue weighted by Gasteiger charge is -2.37. The fourth-order valence-corrected chi connectivity index (χ4v) is 5.84. The van der Waals surface area contributed by atoms with E-state index in [2.05, 4.69) is 6.92 Å². The molecule has 6 heteroatoms. The van der Waals surface area contributed by atoms with Crippen molar-refractivity contribution in [2.75, 3.05) is 14.2 Å². The SMILES string of the molecule is CCCCC[C@H]1Cc2cc(O)ccc2-c2c(OC)cc3c(c21)C[C@@H](O)[C@H](c1ccc(O)c(OC)c1)O3. The number of unbranched alkanes of at least 4 members (excludes halogenated alkanes) is 2. The summed E-state index contributed by atoms with van der Waals surface area (Å²) in [5, 5.41) is 31.5. The zero-order valence-corrected chi connectivity index (χ0v) is 21.1. The second-order valence-corrected chi connectivity index (χ2v) is 9.82. The maximum Gasteiger partial charge on any atom is 0.160 e. The first-order valence-corrected chi connectivity index (χ1v) is 12.7. The molecule has 36 heavy (non-hydrogen) atoms. The minimum absolute atomic E-state index is 0.0438. The van der Waals surface area contributed by atoms with Crippen LogP contribution in [0.2, 0.25) is 0 Å². The first-order chi connectivity index (χ1) is 17.4. The van der Waals surface area contributed by atoms with Gasteiger partial charge in [-0.1, -0.05) is 38.3 Å². The summed E-state index contributed by atoms with van der Waals surface area (Å²) in [6.07, 6.45) is 4.36. The summed E-state index contributed by atoms with van der Waals surface area (Å²) in [5.74, 6) is 2.35. The number of phenolic OH excluding ortho intramolecular Hbond substituents is 2. The standard InChI is InChI=1S/C30H34O6/c1-4-5-6-7-17-12-19-13-20(31)9-10-21(19)29-27(35-3)16-25-22(28(17)29)15-24(33)30(36-25)18-8-11-23(32)26(14-18)34-2/h8-11,13-14,16-17,24,30-33H,4-7,12,15H2,1-3H3/t17-,24+,30-/m0/s1. The molecular weight excluding hydrogens is 456 g/mol. The number of aromatic hydroxyl groups is 2. The Morgan fingerprint density at radius 1 is 0.944 bits per heavy atom. The lowest BCUT2D eigenvalue weighted by atomic mass is 9.72. The highest BCUT2D eigenvalue weighted by molar-refractivity contribution is 5.83. The maximum absolute atomic E-state index is 11.3. The van der Waals surface area contributed by atoms with Crippen molar-refractivity contribution in [3.05, 3.63) is 64.7 Å². The highest BCUT2D eigenvalue weighted by Gasteiger charge is 2.38. The van der Waals surface area contributed by atoms with Crippen LogP contribution < -0.4 is 14.2 Å². The minimum Gasteiger partial charge on any atom is -0.508 e. The third kappa shape index (κ3) is 4.24. The van der Waals surface area contributed by atoms with Gasteiger partial charge in [0.25, 0.3) is 0 Å². The quantitative estimate of drug-likeness (QED) is 0.350. The average molecular weight is 491 g/mol. The van der Waals surface area contributed by atoms with Crippen LogP contribution in [-0.4, -0.2) is 35.6 Å². The number of fused-ring (bicyclic) bond motifs is 5. The van der Waals surface area contributed by atoms with Crippen LogP contribution in [0.1, 0.15) is 66.9 Å². The van der Waals surface area contributed by atoms with E-state index in [0.29, 0.717) is 12.2 Å². The Labute approximate surface area is 212 Å². The molecule has 0 bridgehead atoms. The van der Waals surface area contributed by atoms with Gasteiger partial charge >= 0.3 is 0 Å². The molecule has 1 heterocycles. The number of benzene rings is 3. The summed E-state index contributed by atoms with van der Waals surface area (Å²) >= 11 is 0. The monoisotopic (exact) mass is 490 g/mol. The molecule has 1 aliphatic carbocycles. The molecule has 0 spiro atoms. The van der Waals surface area contributed by atoms with E-state index in [-0.39, 0.29) is 17.4 Å². The molecule has 190 valence electrons. The van der Waals surface area contributed by atoms with Gasteiger partial charge in [-0.3, -0.25) is 0 Å². The molecule has 3 atom stereocenters. The van der Waals surface area contributed by atoms with Crippen LogP contribution in [0.3, 0.4) is 0 Å². The van der Waals surface area contributed by atoms with Crippen molar-refractivity contribution in [1.82, 2.24) is 0 Å². The van der Waals surface area contributed by atoms with Crippen LogP contribution in [0, 0.1) is 0 Å². The van der Waals surface area contributed by atoms with Gasteiger partial charge in [0.1, 0.15) is 23.4 Å². The van der Waals surface area contributed by atoms with Gasteiger partial charge in [-0.05, 0) is 65.3 Å². The summed E-state index contributed by atoms with van der Waals surface area (Å²) < 4.78 is 17.6. The van der Waals surface area contributed by atoms with Gasteiger partial charge in [0.05, 0.1) is 20.3 Å². The van der Waals surface area contributed by atoms with Crippen molar-refractivity contribution in [2.45, 2.75) is 63.6 Å². The largest absolute Gasteiger partial charge is 0.508 e. The van der Waals surface area contributed by atoms with Gasteiger partial charge in [0.15, 0.2) is 11.5 Å². The van der Waals surface area contributed by atoms with Gasteiger partial charge in [0.2, 0.25) is 0 Å². The van der Waals surface area contributed by atoms with Gasteiger partial charge in [-0.25, -0.2) is 0 Å². The summed E-state index contributed by atoms with van der Waals surface area (Å²) in [4.78, 5) is 0. The van der Waals surface area contributed by atoms with E-state index >= 15 is 0 Å². The van der Waals surface area contributed by atoms with Gasteiger partial charge in [0, 0.05) is 23.6 Å². The topological polar surface area (TPSA) is 88.4 Å². The third-order valence-corrected chi connectivity index (χ3v) is 7.56. The Hall–Kier alpha value is -3.38. The van der Waals surface area contributed by atoms with E-state index in [1.165, 1.54) is 12.7 Å². The second kappa shape index (κ2) is 9.94. The van der Waals surface area contributed by atoms with Crippen molar-refractivity contribution >= 4 is 0 Å². The number of hydrogen-bond donors (Lipinski definition) is 3. The average Bonchev–Trinajstić information content (AvgIpc) is 2.88. The first kappa shape index (κ1) is 24.3. The van der Waals surface area contributed by atoms with Crippen molar-refractivity contribution < 1.29 is 29.5 Å². The van der Waals surface area contributed by atoms with Crippen LogP contribution in [0.25, 0.3) is 11.1 Å². The molecule has 0 aromatic heterocycles. The number of aliphatic hydroxyl groups is 1. The van der Waals surface area contributed by atoms with Crippen molar-refractivity contribution in [2.24, 2.45) is 0 Å². The van der Waals surface area contributed by atoms with Crippen LogP contribution >= 0.6 is 0 Å². The van der Waals surface area contributed by atoms with Crippen LogP contribution in [0.5, 0.6) is 28.7 Å². The minimum atomic E-state index is -0.762. The number of aliphatic hydroxyl groups excluding tert-OH is 1. The lowest BCUT2D eigenvalue weighted by Crippen LogP contribution is -2.32. The van der Waals surface area contributed by atoms with E-state index in [4.69, 9.17) is 14.2 Å². The Kier molecular flexibility index (Phi) is 6.71. The maximum atomic E-state index is 11.3. The summed E-state index contributed by atoms with van der Waals surface area (Å²) in [6.45, 7) is 2.20.